The molecule has 9 heteroatoms. The molecule has 1 fully saturated rings. The predicted octanol–water partition coefficient (Wildman–Crippen LogP) is 1.38. The second-order valence-corrected chi connectivity index (χ2v) is 5.62. The number of nitrogens with one attached hydrogen (secondary N) is 1. The van der Waals surface area contributed by atoms with Crippen molar-refractivity contribution in [3.8, 4) is 0 Å². The molecular formula is C14H24N4O5. The minimum atomic E-state index is -0.695. The number of azide groups is 1. The Bertz CT molecular complexity index is 464. The zero-order valence-electron chi connectivity index (χ0n) is 13.9. The third-order valence-electron chi connectivity index (χ3n) is 3.94. The maximum atomic E-state index is 11.4. The van der Waals surface area contributed by atoms with Crippen LogP contribution in [0.5, 0.6) is 0 Å². The Hall–Kier alpha value is -1.83. The molecule has 5 unspecified atom stereocenters. The topological polar surface area (TPSA) is 123 Å². The van der Waals surface area contributed by atoms with Gasteiger partial charge in [0.1, 0.15) is 6.61 Å². The van der Waals surface area contributed by atoms with Crippen molar-refractivity contribution in [2.75, 3.05) is 19.8 Å². The highest BCUT2D eigenvalue weighted by atomic mass is 16.7. The molecule has 0 saturated carbocycles. The van der Waals surface area contributed by atoms with Crippen LogP contribution < -0.4 is 5.32 Å². The van der Waals surface area contributed by atoms with E-state index >= 15 is 0 Å². The van der Waals surface area contributed by atoms with E-state index in [1.54, 1.807) is 0 Å². The van der Waals surface area contributed by atoms with Crippen molar-refractivity contribution in [3.05, 3.63) is 10.4 Å². The Kier molecular flexibility index (Phi) is 7.80. The lowest BCUT2D eigenvalue weighted by Gasteiger charge is -2.44. The van der Waals surface area contributed by atoms with Crippen molar-refractivity contribution >= 4 is 11.9 Å². The van der Waals surface area contributed by atoms with Crippen molar-refractivity contribution in [2.45, 2.75) is 46.1 Å². The molecule has 130 valence electrons. The van der Waals surface area contributed by atoms with Gasteiger partial charge in [0.15, 0.2) is 6.29 Å². The van der Waals surface area contributed by atoms with Crippen LogP contribution >= 0.6 is 0 Å². The fraction of sp³-hybridized carbons (Fsp3) is 0.857. The average Bonchev–Trinajstić information content (AvgIpc) is 2.48. The van der Waals surface area contributed by atoms with Gasteiger partial charge in [-0.1, -0.05) is 19.0 Å². The summed E-state index contributed by atoms with van der Waals surface area (Å²) >= 11 is 0. The predicted molar refractivity (Wildman–Crippen MR) is 81.2 cm³/mol. The summed E-state index contributed by atoms with van der Waals surface area (Å²) in [6.07, 6.45) is -1.03. The summed E-state index contributed by atoms with van der Waals surface area (Å²) < 4.78 is 16.5. The van der Waals surface area contributed by atoms with Crippen LogP contribution in [-0.2, 0) is 23.8 Å². The SMILES string of the molecule is CC(=O)NC1C(OCCN=[N+]=[N-])OC(COC(C)=O)C(C)C1C. The molecule has 1 aliphatic rings. The maximum Gasteiger partial charge on any atom is 0.302 e. The fourth-order valence-corrected chi connectivity index (χ4v) is 2.52. The normalized spacial score (nSPS) is 30.2. The van der Waals surface area contributed by atoms with E-state index in [0.717, 1.165) is 0 Å². The van der Waals surface area contributed by atoms with Crippen LogP contribution in [0.15, 0.2) is 5.11 Å². The number of amides is 1. The van der Waals surface area contributed by atoms with Crippen molar-refractivity contribution < 1.29 is 23.8 Å². The third-order valence-corrected chi connectivity index (χ3v) is 3.94. The number of rotatable bonds is 7. The molecule has 0 aromatic carbocycles. The Labute approximate surface area is 135 Å². The van der Waals surface area contributed by atoms with Crippen LogP contribution in [0, 0.1) is 11.8 Å². The zero-order valence-corrected chi connectivity index (χ0v) is 13.9. The molecule has 5 atom stereocenters. The number of esters is 1. The monoisotopic (exact) mass is 328 g/mol. The first-order valence-corrected chi connectivity index (χ1v) is 7.55. The number of hydrogen-bond donors (Lipinski definition) is 1. The molecule has 0 spiro atoms. The molecule has 1 rings (SSSR count). The van der Waals surface area contributed by atoms with Crippen molar-refractivity contribution in [2.24, 2.45) is 17.0 Å². The Balaban J connectivity index is 2.77. The molecule has 23 heavy (non-hydrogen) atoms. The molecule has 1 saturated heterocycles. The second-order valence-electron chi connectivity index (χ2n) is 5.62. The van der Waals surface area contributed by atoms with Crippen LogP contribution in [0.4, 0.5) is 0 Å². The van der Waals surface area contributed by atoms with Crippen LogP contribution in [0.25, 0.3) is 10.4 Å². The summed E-state index contributed by atoms with van der Waals surface area (Å²) in [6.45, 7) is 7.20. The number of carbonyl (C=O) groups excluding carboxylic acids is 2. The van der Waals surface area contributed by atoms with Gasteiger partial charge in [-0.25, -0.2) is 0 Å². The smallest absolute Gasteiger partial charge is 0.302 e. The first kappa shape index (κ1) is 19.2. The average molecular weight is 328 g/mol. The summed E-state index contributed by atoms with van der Waals surface area (Å²) in [6, 6.07) is -0.331. The summed E-state index contributed by atoms with van der Waals surface area (Å²) in [5.41, 5.74) is 8.28. The summed E-state index contributed by atoms with van der Waals surface area (Å²) in [7, 11) is 0. The second kappa shape index (κ2) is 9.34. The van der Waals surface area contributed by atoms with Gasteiger partial charge in [-0.15, -0.1) is 0 Å². The Morgan fingerprint density at radius 1 is 1.30 bits per heavy atom. The molecule has 0 aromatic heterocycles. The number of carbonyl (C=O) groups is 2. The molecule has 0 aliphatic carbocycles. The van der Waals surface area contributed by atoms with Crippen LogP contribution in [0.2, 0.25) is 0 Å². The molecule has 0 radical (unpaired) electrons. The first-order chi connectivity index (χ1) is 10.9. The lowest BCUT2D eigenvalue weighted by Crippen LogP contribution is -2.58. The van der Waals surface area contributed by atoms with E-state index in [-0.39, 0.29) is 55.6 Å². The number of hydrogen-bond acceptors (Lipinski definition) is 6. The fourth-order valence-electron chi connectivity index (χ4n) is 2.52. The van der Waals surface area contributed by atoms with E-state index in [2.05, 4.69) is 15.3 Å². The Morgan fingerprint density at radius 2 is 2.00 bits per heavy atom. The first-order valence-electron chi connectivity index (χ1n) is 7.55. The molecule has 1 heterocycles. The molecule has 1 amide bonds. The molecule has 0 bridgehead atoms. The van der Waals surface area contributed by atoms with Gasteiger partial charge in [-0.05, 0) is 17.4 Å². The molecular weight excluding hydrogens is 304 g/mol. The highest BCUT2D eigenvalue weighted by Gasteiger charge is 2.42. The van der Waals surface area contributed by atoms with Crippen LogP contribution in [0.3, 0.4) is 0 Å². The molecule has 0 aromatic rings. The van der Waals surface area contributed by atoms with Gasteiger partial charge in [-0.2, -0.15) is 0 Å². The van der Waals surface area contributed by atoms with Crippen molar-refractivity contribution in [3.63, 3.8) is 0 Å². The standard InChI is InChI=1S/C14H24N4O5/c1-8-9(2)13(17-10(3)19)14(21-6-5-16-18-15)23-12(8)7-22-11(4)20/h8-9,12-14H,5-7H2,1-4H3,(H,17,19). The highest BCUT2D eigenvalue weighted by Crippen LogP contribution is 2.31. The van der Waals surface area contributed by atoms with Gasteiger partial charge in [0.05, 0.1) is 18.8 Å². The van der Waals surface area contributed by atoms with E-state index < -0.39 is 6.29 Å². The Morgan fingerprint density at radius 3 is 2.57 bits per heavy atom. The molecule has 1 N–H and O–H groups in total. The van der Waals surface area contributed by atoms with Gasteiger partial charge in [0.2, 0.25) is 5.91 Å². The summed E-state index contributed by atoms with van der Waals surface area (Å²) in [5, 5.41) is 6.24. The van der Waals surface area contributed by atoms with Gasteiger partial charge in [-0.3, -0.25) is 9.59 Å². The van der Waals surface area contributed by atoms with E-state index in [4.69, 9.17) is 19.7 Å². The van der Waals surface area contributed by atoms with E-state index in [9.17, 15) is 9.59 Å². The van der Waals surface area contributed by atoms with Crippen LogP contribution in [0.1, 0.15) is 27.7 Å². The highest BCUT2D eigenvalue weighted by molar-refractivity contribution is 5.73. The van der Waals surface area contributed by atoms with E-state index in [1.165, 1.54) is 13.8 Å². The van der Waals surface area contributed by atoms with Crippen LogP contribution in [-0.4, -0.2) is 50.1 Å². The van der Waals surface area contributed by atoms with Crippen molar-refractivity contribution in [1.82, 2.24) is 5.32 Å². The van der Waals surface area contributed by atoms with Gasteiger partial charge >= 0.3 is 5.97 Å². The van der Waals surface area contributed by atoms with Crippen molar-refractivity contribution in [1.29, 1.82) is 0 Å². The number of ether oxygens (including phenoxy) is 3. The van der Waals surface area contributed by atoms with E-state index in [1.807, 2.05) is 13.8 Å². The van der Waals surface area contributed by atoms with Gasteiger partial charge in [0.25, 0.3) is 0 Å². The maximum absolute atomic E-state index is 11.4. The lowest BCUT2D eigenvalue weighted by molar-refractivity contribution is -0.243. The lowest BCUT2D eigenvalue weighted by atomic mass is 9.82. The number of nitrogens with zero attached hydrogens (tertiary/aromatic N) is 3. The van der Waals surface area contributed by atoms with Gasteiger partial charge < -0.3 is 19.5 Å². The van der Waals surface area contributed by atoms with E-state index in [0.29, 0.717) is 0 Å². The minimum Gasteiger partial charge on any atom is -0.463 e. The summed E-state index contributed by atoms with van der Waals surface area (Å²) in [5.74, 6) is -0.446. The molecule has 1 aliphatic heterocycles. The molecule has 9 nitrogen and oxygen atoms in total. The minimum absolute atomic E-state index is 0.0534. The third kappa shape index (κ3) is 6.05. The van der Waals surface area contributed by atoms with Gasteiger partial charge in [0, 0.05) is 25.3 Å². The zero-order chi connectivity index (χ0) is 17.4. The quantitative estimate of drug-likeness (QED) is 0.249. The summed E-state index contributed by atoms with van der Waals surface area (Å²) in [4.78, 5) is 25.1. The largest absolute Gasteiger partial charge is 0.463 e.